The van der Waals surface area contributed by atoms with E-state index in [9.17, 15) is 0 Å². The molecule has 1 fully saturated rings. The van der Waals surface area contributed by atoms with Gasteiger partial charge in [-0.2, -0.15) is 5.10 Å². The number of halogens is 3. The number of anilines is 2. The van der Waals surface area contributed by atoms with Crippen molar-refractivity contribution in [1.82, 2.24) is 0 Å². The fourth-order valence-electron chi connectivity index (χ4n) is 2.41. The van der Waals surface area contributed by atoms with Gasteiger partial charge in [-0.3, -0.25) is 5.43 Å². The normalized spacial score (nSPS) is 15.0. The van der Waals surface area contributed by atoms with Crippen molar-refractivity contribution in [2.24, 2.45) is 5.10 Å². The quantitative estimate of drug-likeness (QED) is 0.600. The molecule has 0 saturated carbocycles. The highest BCUT2D eigenvalue weighted by atomic mass is 35.5. The number of hydrogen-bond donors (Lipinski definition) is 1. The highest BCUT2D eigenvalue weighted by molar-refractivity contribution is 6.41. The molecule has 7 heteroatoms. The summed E-state index contributed by atoms with van der Waals surface area (Å²) in [5.41, 5.74) is 5.55. The van der Waals surface area contributed by atoms with Crippen LogP contribution in [0.1, 0.15) is 5.56 Å². The zero-order valence-electron chi connectivity index (χ0n) is 12.8. The third kappa shape index (κ3) is 4.33. The lowest BCUT2D eigenvalue weighted by atomic mass is 10.2. The molecule has 0 bridgehead atoms. The van der Waals surface area contributed by atoms with Gasteiger partial charge in [-0.05, 0) is 29.8 Å². The molecule has 4 nitrogen and oxygen atoms in total. The van der Waals surface area contributed by atoms with Crippen LogP contribution >= 0.6 is 34.8 Å². The summed E-state index contributed by atoms with van der Waals surface area (Å²) in [5, 5.41) is 5.52. The molecular formula is C17H16Cl3N3O. The highest BCUT2D eigenvalue weighted by Gasteiger charge is 2.10. The fraction of sp³-hybridized carbons (Fsp3) is 0.235. The fourth-order valence-corrected chi connectivity index (χ4v) is 3.31. The van der Waals surface area contributed by atoms with E-state index in [0.717, 1.165) is 31.9 Å². The van der Waals surface area contributed by atoms with Gasteiger partial charge in [0.1, 0.15) is 0 Å². The number of hydrazone groups is 1. The predicted molar refractivity (Wildman–Crippen MR) is 102 cm³/mol. The summed E-state index contributed by atoms with van der Waals surface area (Å²) in [6, 6.07) is 11.4. The zero-order valence-corrected chi connectivity index (χ0v) is 15.1. The van der Waals surface area contributed by atoms with Crippen molar-refractivity contribution in [3.05, 3.63) is 57.0 Å². The molecule has 1 aliphatic rings. The standard InChI is InChI=1S/C17H16Cl3N3O/c18-13-9-15(19)17(16(20)10-13)22-21-11-12-1-3-14(4-2-12)23-5-7-24-8-6-23/h1-4,9-11,22H,5-8H2/b21-11-. The molecule has 0 spiro atoms. The Morgan fingerprint density at radius 1 is 1.00 bits per heavy atom. The first-order chi connectivity index (χ1) is 11.6. The molecule has 0 radical (unpaired) electrons. The van der Waals surface area contributed by atoms with Crippen LogP contribution < -0.4 is 10.3 Å². The van der Waals surface area contributed by atoms with E-state index in [0.29, 0.717) is 20.8 Å². The average Bonchev–Trinajstić information content (AvgIpc) is 2.58. The molecule has 24 heavy (non-hydrogen) atoms. The summed E-state index contributed by atoms with van der Waals surface area (Å²) < 4.78 is 5.37. The van der Waals surface area contributed by atoms with Crippen LogP contribution in [0.3, 0.4) is 0 Å². The first-order valence-corrected chi connectivity index (χ1v) is 8.63. The van der Waals surface area contributed by atoms with Gasteiger partial charge in [0, 0.05) is 23.8 Å². The van der Waals surface area contributed by atoms with E-state index in [1.165, 1.54) is 5.69 Å². The summed E-state index contributed by atoms with van der Waals surface area (Å²) >= 11 is 18.1. The molecule has 0 aromatic heterocycles. The van der Waals surface area contributed by atoms with Gasteiger partial charge < -0.3 is 9.64 Å². The maximum Gasteiger partial charge on any atom is 0.0935 e. The number of ether oxygens (including phenoxy) is 1. The Bertz CT molecular complexity index is 705. The van der Waals surface area contributed by atoms with Crippen LogP contribution in [0.15, 0.2) is 41.5 Å². The monoisotopic (exact) mass is 383 g/mol. The van der Waals surface area contributed by atoms with E-state index in [-0.39, 0.29) is 0 Å². The van der Waals surface area contributed by atoms with Crippen LogP contribution in [0.25, 0.3) is 0 Å². The average molecular weight is 385 g/mol. The van der Waals surface area contributed by atoms with Gasteiger partial charge in [0.05, 0.1) is 35.2 Å². The summed E-state index contributed by atoms with van der Waals surface area (Å²) in [6.07, 6.45) is 1.71. The van der Waals surface area contributed by atoms with E-state index < -0.39 is 0 Å². The SMILES string of the molecule is Clc1cc(Cl)c(N/N=C\c2ccc(N3CCOCC3)cc2)c(Cl)c1. The lowest BCUT2D eigenvalue weighted by Crippen LogP contribution is -2.36. The minimum Gasteiger partial charge on any atom is -0.378 e. The van der Waals surface area contributed by atoms with Gasteiger partial charge in [-0.25, -0.2) is 0 Å². The van der Waals surface area contributed by atoms with Crippen molar-refractivity contribution in [1.29, 1.82) is 0 Å². The Morgan fingerprint density at radius 2 is 1.62 bits per heavy atom. The maximum atomic E-state index is 6.10. The van der Waals surface area contributed by atoms with Crippen LogP contribution in [0, 0.1) is 0 Å². The molecule has 0 aliphatic carbocycles. The Hall–Kier alpha value is -1.46. The first-order valence-electron chi connectivity index (χ1n) is 7.50. The van der Waals surface area contributed by atoms with Crippen molar-refractivity contribution in [3.8, 4) is 0 Å². The van der Waals surface area contributed by atoms with E-state index in [1.54, 1.807) is 18.3 Å². The number of rotatable bonds is 4. The van der Waals surface area contributed by atoms with Gasteiger partial charge in [-0.1, -0.05) is 46.9 Å². The highest BCUT2D eigenvalue weighted by Crippen LogP contribution is 2.33. The van der Waals surface area contributed by atoms with Crippen molar-refractivity contribution in [2.75, 3.05) is 36.6 Å². The van der Waals surface area contributed by atoms with E-state index in [4.69, 9.17) is 39.5 Å². The molecule has 1 aliphatic heterocycles. The largest absolute Gasteiger partial charge is 0.378 e. The van der Waals surface area contributed by atoms with Gasteiger partial charge in [-0.15, -0.1) is 0 Å². The second kappa shape index (κ2) is 8.08. The third-order valence-electron chi connectivity index (χ3n) is 3.67. The van der Waals surface area contributed by atoms with Crippen LogP contribution in [0.4, 0.5) is 11.4 Å². The van der Waals surface area contributed by atoms with E-state index in [2.05, 4.69) is 27.6 Å². The van der Waals surface area contributed by atoms with Crippen LogP contribution in [-0.2, 0) is 4.74 Å². The summed E-state index contributed by atoms with van der Waals surface area (Å²) in [7, 11) is 0. The smallest absolute Gasteiger partial charge is 0.0935 e. The molecule has 1 heterocycles. The summed E-state index contributed by atoms with van der Waals surface area (Å²) in [4.78, 5) is 2.30. The van der Waals surface area contributed by atoms with E-state index in [1.807, 2.05) is 12.1 Å². The molecule has 1 saturated heterocycles. The lowest BCUT2D eigenvalue weighted by molar-refractivity contribution is 0.122. The number of nitrogens with one attached hydrogen (secondary N) is 1. The van der Waals surface area contributed by atoms with Crippen LogP contribution in [-0.4, -0.2) is 32.5 Å². The second-order valence-electron chi connectivity index (χ2n) is 5.31. The molecule has 126 valence electrons. The molecule has 0 amide bonds. The Labute approximate surface area is 156 Å². The summed E-state index contributed by atoms with van der Waals surface area (Å²) in [5.74, 6) is 0. The molecule has 0 atom stereocenters. The predicted octanol–water partition coefficient (Wildman–Crippen LogP) is 4.93. The Balaban J connectivity index is 1.65. The number of nitrogens with zero attached hydrogens (tertiary/aromatic N) is 2. The number of benzene rings is 2. The number of morpholine rings is 1. The summed E-state index contributed by atoms with van der Waals surface area (Å²) in [6.45, 7) is 3.39. The molecule has 2 aromatic rings. The van der Waals surface area contributed by atoms with Crippen LogP contribution in [0.5, 0.6) is 0 Å². The van der Waals surface area contributed by atoms with Gasteiger partial charge >= 0.3 is 0 Å². The Kier molecular flexibility index (Phi) is 5.85. The maximum absolute atomic E-state index is 6.10. The topological polar surface area (TPSA) is 36.9 Å². The number of hydrogen-bond acceptors (Lipinski definition) is 4. The second-order valence-corrected chi connectivity index (χ2v) is 6.56. The van der Waals surface area contributed by atoms with Crippen molar-refractivity contribution < 1.29 is 4.74 Å². The van der Waals surface area contributed by atoms with E-state index >= 15 is 0 Å². The molecule has 0 unspecified atom stereocenters. The first kappa shape index (κ1) is 17.4. The molecule has 3 rings (SSSR count). The van der Waals surface area contributed by atoms with Crippen molar-refractivity contribution in [3.63, 3.8) is 0 Å². The Morgan fingerprint density at radius 3 is 2.25 bits per heavy atom. The third-order valence-corrected chi connectivity index (χ3v) is 4.48. The minimum absolute atomic E-state index is 0.423. The van der Waals surface area contributed by atoms with Crippen molar-refractivity contribution >= 4 is 52.4 Å². The van der Waals surface area contributed by atoms with Crippen molar-refractivity contribution in [2.45, 2.75) is 0 Å². The molecule has 2 aromatic carbocycles. The lowest BCUT2D eigenvalue weighted by Gasteiger charge is -2.28. The zero-order chi connectivity index (χ0) is 16.9. The molecule has 1 N–H and O–H groups in total. The van der Waals surface area contributed by atoms with Gasteiger partial charge in [0.2, 0.25) is 0 Å². The molecular weight excluding hydrogens is 369 g/mol. The van der Waals surface area contributed by atoms with Gasteiger partial charge in [0.25, 0.3) is 0 Å². The van der Waals surface area contributed by atoms with Gasteiger partial charge in [0.15, 0.2) is 0 Å². The van der Waals surface area contributed by atoms with Crippen LogP contribution in [0.2, 0.25) is 15.1 Å². The minimum atomic E-state index is 0.423.